The van der Waals surface area contributed by atoms with Crippen LogP contribution >= 0.6 is 11.8 Å². The summed E-state index contributed by atoms with van der Waals surface area (Å²) in [5.41, 5.74) is 2.88. The highest BCUT2D eigenvalue weighted by atomic mass is 32.2. The lowest BCUT2D eigenvalue weighted by atomic mass is 9.87. The Balaban J connectivity index is 2.40. The van der Waals surface area contributed by atoms with E-state index in [2.05, 4.69) is 63.9 Å². The van der Waals surface area contributed by atoms with E-state index in [-0.39, 0.29) is 5.41 Å². The van der Waals surface area contributed by atoms with E-state index < -0.39 is 0 Å². The molecule has 0 aliphatic rings. The van der Waals surface area contributed by atoms with Gasteiger partial charge in [-0.15, -0.1) is 11.8 Å². The number of hydrogen-bond donors (Lipinski definition) is 1. The summed E-state index contributed by atoms with van der Waals surface area (Å²) >= 11 is 1.87. The predicted molar refractivity (Wildman–Crippen MR) is 88.2 cm³/mol. The third-order valence-corrected chi connectivity index (χ3v) is 4.12. The average molecular weight is 277 g/mol. The second kappa shape index (κ2) is 7.76. The van der Waals surface area contributed by atoms with Gasteiger partial charge in [0.25, 0.3) is 0 Å². The van der Waals surface area contributed by atoms with Gasteiger partial charge in [-0.05, 0) is 36.1 Å². The zero-order valence-electron chi connectivity index (χ0n) is 12.8. The van der Waals surface area contributed by atoms with E-state index in [4.69, 9.17) is 0 Å². The number of rotatable bonds is 7. The summed E-state index contributed by atoms with van der Waals surface area (Å²) in [6.07, 6.45) is 1.18. The van der Waals surface area contributed by atoms with E-state index in [1.165, 1.54) is 22.5 Å². The number of hydrogen-bond acceptors (Lipinski definition) is 2. The first-order chi connectivity index (χ1) is 8.93. The van der Waals surface area contributed by atoms with Gasteiger partial charge in [0, 0.05) is 17.2 Å². The molecule has 1 aromatic rings. The Morgan fingerprint density at radius 1 is 1.21 bits per heavy atom. The van der Waals surface area contributed by atoms with Crippen LogP contribution < -0.4 is 5.32 Å². The van der Waals surface area contributed by atoms with Crippen molar-refractivity contribution in [3.63, 3.8) is 0 Å². The minimum atomic E-state index is 0.233. The van der Waals surface area contributed by atoms with E-state index >= 15 is 0 Å². The van der Waals surface area contributed by atoms with Crippen molar-refractivity contribution in [3.8, 4) is 0 Å². The summed E-state index contributed by atoms with van der Waals surface area (Å²) in [4.78, 5) is 1.32. The Labute approximate surface area is 122 Å². The molecular formula is C17H27NS. The molecular weight excluding hydrogens is 250 g/mol. The molecule has 0 aliphatic heterocycles. The van der Waals surface area contributed by atoms with Gasteiger partial charge >= 0.3 is 0 Å². The predicted octanol–water partition coefficient (Wildman–Crippen LogP) is 4.63. The molecule has 1 nitrogen and oxygen atoms in total. The summed E-state index contributed by atoms with van der Waals surface area (Å²) in [7, 11) is 0. The molecule has 0 aromatic heterocycles. The van der Waals surface area contributed by atoms with Crippen LogP contribution in [0.1, 0.15) is 39.7 Å². The van der Waals surface area contributed by atoms with Crippen molar-refractivity contribution >= 4 is 11.8 Å². The molecule has 0 amide bonds. The zero-order valence-corrected chi connectivity index (χ0v) is 13.6. The monoisotopic (exact) mass is 277 g/mol. The molecule has 0 fully saturated rings. The molecule has 0 unspecified atom stereocenters. The summed E-state index contributed by atoms with van der Waals surface area (Å²) in [5, 5.41) is 3.39. The second-order valence-corrected chi connectivity index (χ2v) is 7.04. The highest BCUT2D eigenvalue weighted by Gasteiger charge is 2.12. The van der Waals surface area contributed by atoms with Gasteiger partial charge in [-0.25, -0.2) is 0 Å². The lowest BCUT2D eigenvalue weighted by molar-refractivity contribution is 0.590. The van der Waals surface area contributed by atoms with Crippen molar-refractivity contribution in [2.75, 3.05) is 18.8 Å². The Morgan fingerprint density at radius 2 is 1.84 bits per heavy atom. The van der Waals surface area contributed by atoms with Gasteiger partial charge in [-0.2, -0.15) is 0 Å². The van der Waals surface area contributed by atoms with Gasteiger partial charge < -0.3 is 5.32 Å². The average Bonchev–Trinajstić information content (AvgIpc) is 2.36. The summed E-state index contributed by atoms with van der Waals surface area (Å²) in [6.45, 7) is 15.0. The van der Waals surface area contributed by atoms with Crippen LogP contribution in [0.25, 0.3) is 0 Å². The first-order valence-corrected chi connectivity index (χ1v) is 8.02. The van der Waals surface area contributed by atoms with Gasteiger partial charge in [0.05, 0.1) is 0 Å². The SMILES string of the molecule is C=C(CNCCC)CSc1ccc(C(C)(C)C)cc1. The van der Waals surface area contributed by atoms with E-state index in [1.807, 2.05) is 11.8 Å². The smallest absolute Gasteiger partial charge is 0.0200 e. The molecule has 19 heavy (non-hydrogen) atoms. The normalized spacial score (nSPS) is 11.6. The van der Waals surface area contributed by atoms with Gasteiger partial charge in [0.1, 0.15) is 0 Å². The maximum Gasteiger partial charge on any atom is 0.0200 e. The first-order valence-electron chi connectivity index (χ1n) is 7.04. The van der Waals surface area contributed by atoms with Gasteiger partial charge in [0.15, 0.2) is 0 Å². The fourth-order valence-electron chi connectivity index (χ4n) is 1.73. The molecule has 0 spiro atoms. The van der Waals surface area contributed by atoms with Crippen LogP contribution in [0.2, 0.25) is 0 Å². The van der Waals surface area contributed by atoms with Crippen LogP contribution in [-0.2, 0) is 5.41 Å². The molecule has 2 heteroatoms. The highest BCUT2D eigenvalue weighted by molar-refractivity contribution is 7.99. The molecule has 1 aromatic carbocycles. The molecule has 1 N–H and O–H groups in total. The zero-order chi connectivity index (χ0) is 14.3. The first kappa shape index (κ1) is 16.3. The lowest BCUT2D eigenvalue weighted by Gasteiger charge is -2.19. The third-order valence-electron chi connectivity index (χ3n) is 2.97. The molecule has 1 rings (SSSR count). The van der Waals surface area contributed by atoms with E-state index in [9.17, 15) is 0 Å². The van der Waals surface area contributed by atoms with Crippen molar-refractivity contribution in [2.24, 2.45) is 0 Å². The quantitative estimate of drug-likeness (QED) is 0.443. The van der Waals surface area contributed by atoms with E-state index in [1.54, 1.807) is 0 Å². The Bertz CT molecular complexity index is 387. The van der Waals surface area contributed by atoms with Crippen molar-refractivity contribution in [1.29, 1.82) is 0 Å². The fraction of sp³-hybridized carbons (Fsp3) is 0.529. The van der Waals surface area contributed by atoms with E-state index in [0.29, 0.717) is 0 Å². The van der Waals surface area contributed by atoms with Crippen LogP contribution in [0.4, 0.5) is 0 Å². The molecule has 0 saturated heterocycles. The van der Waals surface area contributed by atoms with Crippen molar-refractivity contribution in [2.45, 2.75) is 44.4 Å². The van der Waals surface area contributed by atoms with Crippen LogP contribution in [0.5, 0.6) is 0 Å². The molecule has 0 atom stereocenters. The van der Waals surface area contributed by atoms with Crippen LogP contribution in [0.3, 0.4) is 0 Å². The van der Waals surface area contributed by atoms with Gasteiger partial charge in [-0.1, -0.05) is 52.0 Å². The molecule has 0 saturated carbocycles. The standard InChI is InChI=1S/C17H27NS/c1-6-11-18-12-14(2)13-19-16-9-7-15(8-10-16)17(3,4)5/h7-10,18H,2,6,11-13H2,1,3-5H3. The summed E-state index contributed by atoms with van der Waals surface area (Å²) in [5.74, 6) is 0.992. The van der Waals surface area contributed by atoms with Gasteiger partial charge in [0.2, 0.25) is 0 Å². The van der Waals surface area contributed by atoms with Crippen LogP contribution in [-0.4, -0.2) is 18.8 Å². The topological polar surface area (TPSA) is 12.0 Å². The molecule has 0 radical (unpaired) electrons. The number of nitrogens with one attached hydrogen (secondary N) is 1. The second-order valence-electron chi connectivity index (χ2n) is 5.99. The molecule has 0 heterocycles. The third kappa shape index (κ3) is 6.31. The van der Waals surface area contributed by atoms with Crippen molar-refractivity contribution in [3.05, 3.63) is 42.0 Å². The molecule has 106 valence electrons. The Morgan fingerprint density at radius 3 is 2.37 bits per heavy atom. The largest absolute Gasteiger partial charge is 0.313 e. The van der Waals surface area contributed by atoms with Crippen molar-refractivity contribution in [1.82, 2.24) is 5.32 Å². The maximum atomic E-state index is 4.12. The van der Waals surface area contributed by atoms with Gasteiger partial charge in [-0.3, -0.25) is 0 Å². The number of benzene rings is 1. The van der Waals surface area contributed by atoms with Crippen molar-refractivity contribution < 1.29 is 0 Å². The Kier molecular flexibility index (Phi) is 6.67. The lowest BCUT2D eigenvalue weighted by Crippen LogP contribution is -2.18. The summed E-state index contributed by atoms with van der Waals surface area (Å²) < 4.78 is 0. The molecule has 0 aliphatic carbocycles. The minimum absolute atomic E-state index is 0.233. The highest BCUT2D eigenvalue weighted by Crippen LogP contribution is 2.26. The molecule has 0 bridgehead atoms. The van der Waals surface area contributed by atoms with Crippen LogP contribution in [0.15, 0.2) is 41.3 Å². The Hall–Kier alpha value is -0.730. The maximum absolute atomic E-state index is 4.12. The minimum Gasteiger partial charge on any atom is -0.313 e. The number of thioether (sulfide) groups is 1. The fourth-order valence-corrected chi connectivity index (χ4v) is 2.53. The summed E-state index contributed by atoms with van der Waals surface area (Å²) in [6, 6.07) is 8.91. The van der Waals surface area contributed by atoms with Crippen LogP contribution in [0, 0.1) is 0 Å². The van der Waals surface area contributed by atoms with E-state index in [0.717, 1.165) is 18.8 Å².